The standard InChI is InChI=1S/C14H14Cl2N2OS/c1-18(5-4-10-3-2-6-20-10)14(19)11-7-9(17)8-12(15)13(11)16/h2-3,6-8H,4-5,17H2,1H3. The number of hydrogen-bond acceptors (Lipinski definition) is 3. The van der Waals surface area contributed by atoms with Crippen LogP contribution in [0.2, 0.25) is 10.0 Å². The Hall–Kier alpha value is -1.23. The molecule has 2 N–H and O–H groups in total. The second kappa shape index (κ2) is 6.48. The van der Waals surface area contributed by atoms with Crippen LogP contribution in [0.1, 0.15) is 15.2 Å². The van der Waals surface area contributed by atoms with Crippen molar-refractivity contribution in [2.24, 2.45) is 0 Å². The van der Waals surface area contributed by atoms with Gasteiger partial charge in [-0.05, 0) is 30.0 Å². The van der Waals surface area contributed by atoms with Crippen molar-refractivity contribution in [1.82, 2.24) is 4.90 Å². The largest absolute Gasteiger partial charge is 0.399 e. The van der Waals surface area contributed by atoms with Gasteiger partial charge in [0.1, 0.15) is 0 Å². The van der Waals surface area contributed by atoms with Crippen LogP contribution in [-0.4, -0.2) is 24.4 Å². The Kier molecular flexibility index (Phi) is 4.91. The van der Waals surface area contributed by atoms with Gasteiger partial charge in [-0.1, -0.05) is 29.3 Å². The van der Waals surface area contributed by atoms with Gasteiger partial charge in [0, 0.05) is 24.2 Å². The van der Waals surface area contributed by atoms with E-state index in [0.29, 0.717) is 22.8 Å². The average molecular weight is 329 g/mol. The molecule has 0 aliphatic carbocycles. The molecular formula is C14H14Cl2N2OS. The van der Waals surface area contributed by atoms with Crippen LogP contribution in [0.5, 0.6) is 0 Å². The van der Waals surface area contributed by atoms with Gasteiger partial charge in [0.15, 0.2) is 0 Å². The molecule has 2 rings (SSSR count). The Labute approximate surface area is 131 Å². The van der Waals surface area contributed by atoms with E-state index in [1.54, 1.807) is 29.4 Å². The Morgan fingerprint density at radius 1 is 1.40 bits per heavy atom. The minimum Gasteiger partial charge on any atom is -0.399 e. The zero-order valence-electron chi connectivity index (χ0n) is 10.9. The first-order valence-corrected chi connectivity index (χ1v) is 7.65. The molecule has 0 radical (unpaired) electrons. The molecule has 0 saturated heterocycles. The second-order valence-electron chi connectivity index (χ2n) is 4.42. The maximum Gasteiger partial charge on any atom is 0.255 e. The van der Waals surface area contributed by atoms with Crippen LogP contribution < -0.4 is 5.73 Å². The fraction of sp³-hybridized carbons (Fsp3) is 0.214. The Balaban J connectivity index is 2.10. The average Bonchev–Trinajstić information content (AvgIpc) is 2.92. The van der Waals surface area contributed by atoms with E-state index < -0.39 is 0 Å². The van der Waals surface area contributed by atoms with Gasteiger partial charge in [0.05, 0.1) is 15.6 Å². The number of nitrogen functional groups attached to an aromatic ring is 1. The van der Waals surface area contributed by atoms with Crippen molar-refractivity contribution in [1.29, 1.82) is 0 Å². The van der Waals surface area contributed by atoms with E-state index in [9.17, 15) is 4.79 Å². The third kappa shape index (κ3) is 3.45. The van der Waals surface area contributed by atoms with Crippen molar-refractivity contribution < 1.29 is 4.79 Å². The lowest BCUT2D eigenvalue weighted by Crippen LogP contribution is -2.29. The zero-order valence-corrected chi connectivity index (χ0v) is 13.2. The molecule has 1 aromatic heterocycles. The summed E-state index contributed by atoms with van der Waals surface area (Å²) >= 11 is 13.7. The maximum atomic E-state index is 12.4. The molecule has 0 bridgehead atoms. The summed E-state index contributed by atoms with van der Waals surface area (Å²) in [5.41, 5.74) is 6.47. The molecule has 0 aliphatic heterocycles. The predicted molar refractivity (Wildman–Crippen MR) is 85.9 cm³/mol. The molecule has 0 fully saturated rings. The summed E-state index contributed by atoms with van der Waals surface area (Å²) in [5, 5.41) is 2.56. The number of anilines is 1. The molecule has 0 aliphatic rings. The fourth-order valence-electron chi connectivity index (χ4n) is 1.81. The lowest BCUT2D eigenvalue weighted by Gasteiger charge is -2.18. The quantitative estimate of drug-likeness (QED) is 0.863. The first-order chi connectivity index (χ1) is 9.49. The van der Waals surface area contributed by atoms with E-state index in [2.05, 4.69) is 0 Å². The van der Waals surface area contributed by atoms with E-state index in [4.69, 9.17) is 28.9 Å². The van der Waals surface area contributed by atoms with Crippen molar-refractivity contribution in [3.63, 3.8) is 0 Å². The molecule has 1 amide bonds. The molecule has 106 valence electrons. The van der Waals surface area contributed by atoms with Gasteiger partial charge in [0.2, 0.25) is 0 Å². The Morgan fingerprint density at radius 3 is 2.80 bits per heavy atom. The molecule has 3 nitrogen and oxygen atoms in total. The number of likely N-dealkylation sites (N-methyl/N-ethyl adjacent to an activating group) is 1. The van der Waals surface area contributed by atoms with Gasteiger partial charge in [0.25, 0.3) is 5.91 Å². The highest BCUT2D eigenvalue weighted by atomic mass is 35.5. The van der Waals surface area contributed by atoms with Crippen LogP contribution in [0.15, 0.2) is 29.6 Å². The number of nitrogens with zero attached hydrogens (tertiary/aromatic N) is 1. The van der Waals surface area contributed by atoms with Gasteiger partial charge >= 0.3 is 0 Å². The number of halogens is 2. The van der Waals surface area contributed by atoms with Crippen molar-refractivity contribution in [3.05, 3.63) is 50.1 Å². The summed E-state index contributed by atoms with van der Waals surface area (Å²) in [7, 11) is 1.74. The van der Waals surface area contributed by atoms with Crippen LogP contribution in [0.3, 0.4) is 0 Å². The smallest absolute Gasteiger partial charge is 0.255 e. The SMILES string of the molecule is CN(CCc1cccs1)C(=O)c1cc(N)cc(Cl)c1Cl. The maximum absolute atomic E-state index is 12.4. The summed E-state index contributed by atoms with van der Waals surface area (Å²) in [6.45, 7) is 0.613. The van der Waals surface area contributed by atoms with E-state index in [1.165, 1.54) is 10.9 Å². The second-order valence-corrected chi connectivity index (χ2v) is 6.24. The van der Waals surface area contributed by atoms with Crippen molar-refractivity contribution in [2.75, 3.05) is 19.3 Å². The summed E-state index contributed by atoms with van der Waals surface area (Å²) in [6.07, 6.45) is 0.813. The van der Waals surface area contributed by atoms with Crippen molar-refractivity contribution >= 4 is 46.1 Å². The highest BCUT2D eigenvalue weighted by molar-refractivity contribution is 7.09. The Bertz CT molecular complexity index is 614. The third-order valence-corrected chi connectivity index (χ3v) is 4.64. The number of amides is 1. The molecule has 0 unspecified atom stereocenters. The number of thiophene rings is 1. The van der Waals surface area contributed by atoms with E-state index in [1.807, 2.05) is 17.5 Å². The molecule has 1 aromatic carbocycles. The monoisotopic (exact) mass is 328 g/mol. The fourth-order valence-corrected chi connectivity index (χ4v) is 2.92. The number of rotatable bonds is 4. The molecule has 0 spiro atoms. The predicted octanol–water partition coefficient (Wildman–Crippen LogP) is 3.95. The molecule has 20 heavy (non-hydrogen) atoms. The summed E-state index contributed by atoms with van der Waals surface area (Å²) in [6, 6.07) is 7.13. The van der Waals surface area contributed by atoms with Crippen molar-refractivity contribution in [2.45, 2.75) is 6.42 Å². The lowest BCUT2D eigenvalue weighted by molar-refractivity contribution is 0.0797. The molecule has 1 heterocycles. The molecule has 2 aromatic rings. The first-order valence-electron chi connectivity index (χ1n) is 6.01. The number of carbonyl (C=O) groups excluding carboxylic acids is 1. The highest BCUT2D eigenvalue weighted by Gasteiger charge is 2.17. The molecule has 6 heteroatoms. The lowest BCUT2D eigenvalue weighted by atomic mass is 10.1. The van der Waals surface area contributed by atoms with E-state index >= 15 is 0 Å². The molecule has 0 saturated carbocycles. The van der Waals surface area contributed by atoms with Crippen LogP contribution in [0, 0.1) is 0 Å². The third-order valence-electron chi connectivity index (χ3n) is 2.90. The van der Waals surface area contributed by atoms with Crippen LogP contribution in [-0.2, 0) is 6.42 Å². The summed E-state index contributed by atoms with van der Waals surface area (Å²) < 4.78 is 0. The number of hydrogen-bond donors (Lipinski definition) is 1. The van der Waals surface area contributed by atoms with Gasteiger partial charge in [-0.3, -0.25) is 4.79 Å². The van der Waals surface area contributed by atoms with E-state index in [0.717, 1.165) is 6.42 Å². The van der Waals surface area contributed by atoms with Crippen LogP contribution >= 0.6 is 34.5 Å². The summed E-state index contributed by atoms with van der Waals surface area (Å²) in [4.78, 5) is 15.2. The van der Waals surface area contributed by atoms with Crippen molar-refractivity contribution in [3.8, 4) is 0 Å². The zero-order chi connectivity index (χ0) is 14.7. The van der Waals surface area contributed by atoms with Gasteiger partial charge in [-0.2, -0.15) is 0 Å². The van der Waals surface area contributed by atoms with Gasteiger partial charge in [-0.25, -0.2) is 0 Å². The summed E-state index contributed by atoms with van der Waals surface area (Å²) in [5.74, 6) is -0.180. The highest BCUT2D eigenvalue weighted by Crippen LogP contribution is 2.29. The van der Waals surface area contributed by atoms with Crippen LogP contribution in [0.25, 0.3) is 0 Å². The number of benzene rings is 1. The van der Waals surface area contributed by atoms with Crippen LogP contribution in [0.4, 0.5) is 5.69 Å². The minimum absolute atomic E-state index is 0.180. The number of nitrogens with two attached hydrogens (primary N) is 1. The van der Waals surface area contributed by atoms with E-state index in [-0.39, 0.29) is 10.9 Å². The van der Waals surface area contributed by atoms with Gasteiger partial charge in [-0.15, -0.1) is 11.3 Å². The first kappa shape index (κ1) is 15.2. The van der Waals surface area contributed by atoms with Gasteiger partial charge < -0.3 is 10.6 Å². The number of carbonyl (C=O) groups is 1. The molecular weight excluding hydrogens is 315 g/mol. The normalized spacial score (nSPS) is 10.6. The minimum atomic E-state index is -0.180. The topological polar surface area (TPSA) is 46.3 Å². The Morgan fingerprint density at radius 2 is 2.15 bits per heavy atom. The molecule has 0 atom stereocenters.